The molecule has 0 bridgehead atoms. The number of hydrogen-bond acceptors (Lipinski definition) is 4. The Balaban J connectivity index is 1.66. The van der Waals surface area contributed by atoms with E-state index in [0.717, 1.165) is 11.6 Å². The lowest BCUT2D eigenvalue weighted by atomic mass is 10.2. The fourth-order valence-corrected chi connectivity index (χ4v) is 2.17. The second-order valence-electron chi connectivity index (χ2n) is 5.52. The number of amides is 1. The van der Waals surface area contributed by atoms with Gasteiger partial charge in [0.25, 0.3) is 5.91 Å². The second kappa shape index (κ2) is 6.95. The maximum Gasteiger partial charge on any atom is 0.255 e. The van der Waals surface area contributed by atoms with E-state index in [1.807, 2.05) is 19.9 Å². The van der Waals surface area contributed by atoms with Gasteiger partial charge in [-0.25, -0.2) is 9.97 Å². The van der Waals surface area contributed by atoms with Gasteiger partial charge in [0.05, 0.1) is 18.0 Å². The molecule has 0 saturated heterocycles. The molecular weight excluding hydrogens is 304 g/mol. The van der Waals surface area contributed by atoms with E-state index < -0.39 is 0 Å². The normalized spacial score (nSPS) is 10.6. The molecule has 1 aromatic carbocycles. The van der Waals surface area contributed by atoms with Crippen LogP contribution in [0.5, 0.6) is 5.75 Å². The summed E-state index contributed by atoms with van der Waals surface area (Å²) in [5.74, 6) is 1.29. The summed E-state index contributed by atoms with van der Waals surface area (Å²) < 4.78 is 7.36. The number of imidazole rings is 1. The van der Waals surface area contributed by atoms with Gasteiger partial charge in [-0.2, -0.15) is 0 Å². The first-order valence-electron chi connectivity index (χ1n) is 7.64. The predicted molar refractivity (Wildman–Crippen MR) is 91.5 cm³/mol. The molecular formula is C18H18N4O2. The first-order valence-corrected chi connectivity index (χ1v) is 7.64. The predicted octanol–water partition coefficient (Wildman–Crippen LogP) is 3.31. The molecule has 0 fully saturated rings. The van der Waals surface area contributed by atoms with Crippen LogP contribution in [0.1, 0.15) is 24.2 Å². The highest BCUT2D eigenvalue weighted by Gasteiger charge is 2.07. The molecule has 0 aliphatic rings. The fraction of sp³-hybridized carbons (Fsp3) is 0.167. The summed E-state index contributed by atoms with van der Waals surface area (Å²) >= 11 is 0. The fourth-order valence-electron chi connectivity index (χ4n) is 2.17. The van der Waals surface area contributed by atoms with E-state index in [9.17, 15) is 4.79 Å². The lowest BCUT2D eigenvalue weighted by Gasteiger charge is -2.10. The number of benzene rings is 1. The molecule has 0 unspecified atom stereocenters. The van der Waals surface area contributed by atoms with Crippen LogP contribution in [0.15, 0.2) is 61.3 Å². The van der Waals surface area contributed by atoms with Crippen LogP contribution in [0.2, 0.25) is 0 Å². The van der Waals surface area contributed by atoms with E-state index in [2.05, 4.69) is 15.3 Å². The highest BCUT2D eigenvalue weighted by molar-refractivity contribution is 6.04. The topological polar surface area (TPSA) is 69.0 Å². The van der Waals surface area contributed by atoms with E-state index in [1.54, 1.807) is 59.8 Å². The average Bonchev–Trinajstić information content (AvgIpc) is 3.10. The molecule has 122 valence electrons. The maximum absolute atomic E-state index is 12.3. The van der Waals surface area contributed by atoms with Crippen LogP contribution in [0, 0.1) is 0 Å². The Morgan fingerprint density at radius 1 is 1.17 bits per heavy atom. The number of aromatic nitrogens is 3. The number of carbonyl (C=O) groups excluding carboxylic acids is 1. The summed E-state index contributed by atoms with van der Waals surface area (Å²) in [5.41, 5.74) is 1.19. The number of hydrogen-bond donors (Lipinski definition) is 1. The van der Waals surface area contributed by atoms with Crippen molar-refractivity contribution in [2.75, 3.05) is 5.32 Å². The smallest absolute Gasteiger partial charge is 0.255 e. The van der Waals surface area contributed by atoms with Crippen molar-refractivity contribution in [1.82, 2.24) is 14.5 Å². The van der Waals surface area contributed by atoms with Crippen molar-refractivity contribution in [2.24, 2.45) is 0 Å². The molecule has 0 radical (unpaired) electrons. The van der Waals surface area contributed by atoms with Gasteiger partial charge in [-0.15, -0.1) is 0 Å². The summed E-state index contributed by atoms with van der Waals surface area (Å²) in [7, 11) is 0. The summed E-state index contributed by atoms with van der Waals surface area (Å²) in [6.07, 6.45) is 6.88. The molecule has 1 amide bonds. The zero-order valence-corrected chi connectivity index (χ0v) is 13.5. The van der Waals surface area contributed by atoms with Gasteiger partial charge in [-0.3, -0.25) is 9.36 Å². The molecule has 0 spiro atoms. The van der Waals surface area contributed by atoms with Crippen LogP contribution >= 0.6 is 0 Å². The summed E-state index contributed by atoms with van der Waals surface area (Å²) in [4.78, 5) is 20.5. The van der Waals surface area contributed by atoms with E-state index in [4.69, 9.17) is 4.74 Å². The van der Waals surface area contributed by atoms with Crippen LogP contribution in [-0.4, -0.2) is 26.5 Å². The Morgan fingerprint density at radius 3 is 2.54 bits per heavy atom. The molecule has 3 aromatic rings. The largest absolute Gasteiger partial charge is 0.491 e. The third-order valence-electron chi connectivity index (χ3n) is 3.26. The van der Waals surface area contributed by atoms with Gasteiger partial charge >= 0.3 is 0 Å². The Kier molecular flexibility index (Phi) is 4.56. The highest BCUT2D eigenvalue weighted by atomic mass is 16.5. The monoisotopic (exact) mass is 322 g/mol. The Morgan fingerprint density at radius 2 is 1.96 bits per heavy atom. The van der Waals surface area contributed by atoms with Crippen molar-refractivity contribution in [1.29, 1.82) is 0 Å². The van der Waals surface area contributed by atoms with Crippen molar-refractivity contribution >= 4 is 11.6 Å². The quantitative estimate of drug-likeness (QED) is 0.782. The van der Waals surface area contributed by atoms with Gasteiger partial charge in [0.1, 0.15) is 17.9 Å². The Bertz CT molecular complexity index is 794. The van der Waals surface area contributed by atoms with Gasteiger partial charge in [0, 0.05) is 18.0 Å². The minimum Gasteiger partial charge on any atom is -0.491 e. The number of nitrogens with one attached hydrogen (secondary N) is 1. The minimum absolute atomic E-state index is 0.102. The lowest BCUT2D eigenvalue weighted by Crippen LogP contribution is -2.12. The van der Waals surface area contributed by atoms with Crippen molar-refractivity contribution in [3.05, 3.63) is 66.9 Å². The zero-order chi connectivity index (χ0) is 16.9. The van der Waals surface area contributed by atoms with Crippen molar-refractivity contribution in [2.45, 2.75) is 20.0 Å². The average molecular weight is 322 g/mol. The first kappa shape index (κ1) is 15.7. The summed E-state index contributed by atoms with van der Waals surface area (Å²) in [5, 5.41) is 2.82. The molecule has 24 heavy (non-hydrogen) atoms. The molecule has 2 aromatic heterocycles. The second-order valence-corrected chi connectivity index (χ2v) is 5.52. The molecule has 6 nitrogen and oxygen atoms in total. The summed E-state index contributed by atoms with van der Waals surface area (Å²) in [6.45, 7) is 3.92. The van der Waals surface area contributed by atoms with Crippen LogP contribution in [0.4, 0.5) is 5.69 Å². The molecule has 0 saturated carbocycles. The molecule has 1 N–H and O–H groups in total. The Hall–Kier alpha value is -3.15. The first-order chi connectivity index (χ1) is 11.6. The number of pyridine rings is 1. The van der Waals surface area contributed by atoms with Crippen molar-refractivity contribution in [3.8, 4) is 11.6 Å². The number of anilines is 1. The van der Waals surface area contributed by atoms with E-state index >= 15 is 0 Å². The number of carbonyl (C=O) groups is 1. The zero-order valence-electron chi connectivity index (χ0n) is 13.5. The standard InChI is InChI=1S/C18H18N4O2/c1-13(2)24-16-6-3-14(4-7-16)18(23)21-15-5-8-17(20-11-15)22-10-9-19-12-22/h3-13H,1-2H3,(H,21,23). The van der Waals surface area contributed by atoms with Gasteiger partial charge in [-0.05, 0) is 50.2 Å². The van der Waals surface area contributed by atoms with Crippen LogP contribution in [0.3, 0.4) is 0 Å². The molecule has 6 heteroatoms. The SMILES string of the molecule is CC(C)Oc1ccc(C(=O)Nc2ccc(-n3ccnc3)nc2)cc1. The molecule has 3 rings (SSSR count). The van der Waals surface area contributed by atoms with Crippen molar-refractivity contribution < 1.29 is 9.53 Å². The third-order valence-corrected chi connectivity index (χ3v) is 3.26. The molecule has 0 aliphatic carbocycles. The van der Waals surface area contributed by atoms with E-state index in [0.29, 0.717) is 11.3 Å². The highest BCUT2D eigenvalue weighted by Crippen LogP contribution is 2.16. The van der Waals surface area contributed by atoms with Gasteiger partial charge < -0.3 is 10.1 Å². The minimum atomic E-state index is -0.191. The third kappa shape index (κ3) is 3.78. The number of ether oxygens (including phenoxy) is 1. The van der Waals surface area contributed by atoms with E-state index in [-0.39, 0.29) is 12.0 Å². The van der Waals surface area contributed by atoms with Gasteiger partial charge in [0.15, 0.2) is 0 Å². The van der Waals surface area contributed by atoms with Crippen molar-refractivity contribution in [3.63, 3.8) is 0 Å². The Labute approximate surface area is 140 Å². The maximum atomic E-state index is 12.3. The number of nitrogens with zero attached hydrogens (tertiary/aromatic N) is 3. The van der Waals surface area contributed by atoms with Gasteiger partial charge in [-0.1, -0.05) is 0 Å². The lowest BCUT2D eigenvalue weighted by molar-refractivity contribution is 0.102. The van der Waals surface area contributed by atoms with E-state index in [1.165, 1.54) is 0 Å². The summed E-state index contributed by atoms with van der Waals surface area (Å²) in [6, 6.07) is 10.7. The molecule has 0 aliphatic heterocycles. The van der Waals surface area contributed by atoms with Gasteiger partial charge in [0.2, 0.25) is 0 Å². The van der Waals surface area contributed by atoms with Crippen LogP contribution < -0.4 is 10.1 Å². The van der Waals surface area contributed by atoms with Crippen LogP contribution in [0.25, 0.3) is 5.82 Å². The van der Waals surface area contributed by atoms with Crippen LogP contribution in [-0.2, 0) is 0 Å². The molecule has 2 heterocycles. The molecule has 0 atom stereocenters. The number of rotatable bonds is 5.